The highest BCUT2D eigenvalue weighted by Crippen LogP contribution is 2.21. The Hall–Kier alpha value is -2.66. The van der Waals surface area contributed by atoms with Crippen LogP contribution in [0.5, 0.6) is 0 Å². The maximum Gasteiger partial charge on any atom is 0.256 e. The molecule has 1 aromatic heterocycles. The molecule has 0 spiro atoms. The summed E-state index contributed by atoms with van der Waals surface area (Å²) < 4.78 is 0. The van der Waals surface area contributed by atoms with Crippen LogP contribution in [0.3, 0.4) is 0 Å². The van der Waals surface area contributed by atoms with Gasteiger partial charge in [0.15, 0.2) is 11.0 Å². The van der Waals surface area contributed by atoms with E-state index >= 15 is 0 Å². The Morgan fingerprint density at radius 3 is 2.29 bits per heavy atom. The van der Waals surface area contributed by atoms with Crippen molar-refractivity contribution in [3.05, 3.63) is 59.2 Å². The van der Waals surface area contributed by atoms with Crippen LogP contribution in [0, 0.1) is 0 Å². The summed E-state index contributed by atoms with van der Waals surface area (Å²) in [5, 5.41) is 2.80. The van der Waals surface area contributed by atoms with Gasteiger partial charge in [0.05, 0.1) is 11.0 Å². The summed E-state index contributed by atoms with van der Waals surface area (Å²) >= 11 is 6.05. The molecule has 0 aliphatic rings. The normalized spacial score (nSPS) is 10.5. The fourth-order valence-corrected chi connectivity index (χ4v) is 2.05. The van der Waals surface area contributed by atoms with Crippen LogP contribution in [0.1, 0.15) is 10.4 Å². The molecule has 0 aliphatic heterocycles. The lowest BCUT2D eigenvalue weighted by Crippen LogP contribution is -2.13. The summed E-state index contributed by atoms with van der Waals surface area (Å²) in [5.41, 5.74) is 7.99. The number of nitrogen functional groups attached to an aromatic ring is 1. The molecule has 0 atom stereocenters. The molecule has 21 heavy (non-hydrogen) atoms. The molecule has 0 bridgehead atoms. The molecule has 5 nitrogen and oxygen atoms in total. The van der Waals surface area contributed by atoms with E-state index in [1.165, 1.54) is 0 Å². The zero-order valence-corrected chi connectivity index (χ0v) is 11.6. The van der Waals surface area contributed by atoms with Gasteiger partial charge in [-0.3, -0.25) is 4.79 Å². The van der Waals surface area contributed by atoms with Crippen LogP contribution in [0.4, 0.5) is 11.5 Å². The van der Waals surface area contributed by atoms with Crippen LogP contribution in [-0.4, -0.2) is 15.9 Å². The number of amides is 1. The molecule has 2 aromatic carbocycles. The SMILES string of the molecule is Nc1ccc(C(=O)Nc2nc3ccccc3nc2Cl)cc1. The van der Waals surface area contributed by atoms with Crippen LogP contribution in [0.2, 0.25) is 5.15 Å². The van der Waals surface area contributed by atoms with Gasteiger partial charge >= 0.3 is 0 Å². The van der Waals surface area contributed by atoms with Gasteiger partial charge in [-0.25, -0.2) is 9.97 Å². The van der Waals surface area contributed by atoms with E-state index in [9.17, 15) is 4.79 Å². The minimum atomic E-state index is -0.318. The highest BCUT2D eigenvalue weighted by Gasteiger charge is 2.11. The molecule has 3 N–H and O–H groups in total. The lowest BCUT2D eigenvalue weighted by Gasteiger charge is -2.07. The average molecular weight is 299 g/mol. The van der Waals surface area contributed by atoms with E-state index in [0.29, 0.717) is 22.3 Å². The number of nitrogens with one attached hydrogen (secondary N) is 1. The molecule has 3 aromatic rings. The van der Waals surface area contributed by atoms with Crippen LogP contribution in [-0.2, 0) is 0 Å². The number of hydrogen-bond acceptors (Lipinski definition) is 4. The van der Waals surface area contributed by atoms with Crippen LogP contribution in [0.25, 0.3) is 11.0 Å². The van der Waals surface area contributed by atoms with E-state index in [4.69, 9.17) is 17.3 Å². The summed E-state index contributed by atoms with van der Waals surface area (Å²) in [5.74, 6) is -0.0846. The fourth-order valence-electron chi connectivity index (χ4n) is 1.87. The monoisotopic (exact) mass is 298 g/mol. The van der Waals surface area contributed by atoms with Gasteiger partial charge in [-0.05, 0) is 36.4 Å². The van der Waals surface area contributed by atoms with Gasteiger partial charge in [-0.15, -0.1) is 0 Å². The number of halogens is 1. The van der Waals surface area contributed by atoms with Gasteiger partial charge in [0.2, 0.25) is 0 Å². The van der Waals surface area contributed by atoms with E-state index in [-0.39, 0.29) is 16.9 Å². The molecule has 0 saturated heterocycles. The third kappa shape index (κ3) is 2.78. The predicted molar refractivity (Wildman–Crippen MR) is 83.4 cm³/mol. The summed E-state index contributed by atoms with van der Waals surface area (Å²) in [4.78, 5) is 20.6. The van der Waals surface area contributed by atoms with E-state index in [2.05, 4.69) is 15.3 Å². The number of carbonyl (C=O) groups excluding carboxylic acids is 1. The number of nitrogens with zero attached hydrogens (tertiary/aromatic N) is 2. The van der Waals surface area contributed by atoms with E-state index in [0.717, 1.165) is 0 Å². The van der Waals surface area contributed by atoms with E-state index in [1.54, 1.807) is 36.4 Å². The third-order valence-electron chi connectivity index (χ3n) is 2.93. The predicted octanol–water partition coefficient (Wildman–Crippen LogP) is 3.12. The first kappa shape index (κ1) is 13.3. The van der Waals surface area contributed by atoms with Gasteiger partial charge in [0.1, 0.15) is 0 Å². The van der Waals surface area contributed by atoms with Crippen molar-refractivity contribution in [2.75, 3.05) is 11.1 Å². The number of carbonyl (C=O) groups is 1. The minimum Gasteiger partial charge on any atom is -0.399 e. The Kier molecular flexibility index (Phi) is 3.41. The molecular weight excluding hydrogens is 288 g/mol. The average Bonchev–Trinajstić information content (AvgIpc) is 2.48. The Balaban J connectivity index is 1.92. The van der Waals surface area contributed by atoms with Gasteiger partial charge in [-0.2, -0.15) is 0 Å². The fraction of sp³-hybridized carbons (Fsp3) is 0. The quantitative estimate of drug-likeness (QED) is 0.712. The second-order valence-electron chi connectivity index (χ2n) is 4.43. The topological polar surface area (TPSA) is 80.9 Å². The molecule has 0 aliphatic carbocycles. The maximum absolute atomic E-state index is 12.1. The Morgan fingerprint density at radius 1 is 1.00 bits per heavy atom. The van der Waals surface area contributed by atoms with Crippen molar-refractivity contribution >= 4 is 40.0 Å². The first-order valence-corrected chi connectivity index (χ1v) is 6.60. The van der Waals surface area contributed by atoms with Gasteiger partial charge in [0.25, 0.3) is 5.91 Å². The number of anilines is 2. The Labute approximate surface area is 125 Å². The smallest absolute Gasteiger partial charge is 0.256 e. The summed E-state index contributed by atoms with van der Waals surface area (Å²) in [6, 6.07) is 13.9. The summed E-state index contributed by atoms with van der Waals surface area (Å²) in [6.45, 7) is 0. The van der Waals surface area contributed by atoms with Crippen molar-refractivity contribution in [2.45, 2.75) is 0 Å². The standard InChI is InChI=1S/C15H11ClN4O/c16-13-14(19-12-4-2-1-3-11(12)18-13)20-15(21)9-5-7-10(17)8-6-9/h1-8H,17H2,(H,19,20,21). The van der Waals surface area contributed by atoms with Gasteiger partial charge < -0.3 is 11.1 Å². The highest BCUT2D eigenvalue weighted by molar-refractivity contribution is 6.32. The molecule has 0 fully saturated rings. The molecular formula is C15H11ClN4O. The molecule has 6 heteroatoms. The molecule has 1 amide bonds. The molecule has 0 unspecified atom stereocenters. The zero-order valence-electron chi connectivity index (χ0n) is 10.9. The number of benzene rings is 2. The van der Waals surface area contributed by atoms with Crippen molar-refractivity contribution < 1.29 is 4.79 Å². The van der Waals surface area contributed by atoms with Crippen molar-refractivity contribution in [2.24, 2.45) is 0 Å². The number of hydrogen-bond donors (Lipinski definition) is 2. The number of fused-ring (bicyclic) bond motifs is 1. The van der Waals surface area contributed by atoms with Crippen molar-refractivity contribution in [1.82, 2.24) is 9.97 Å². The highest BCUT2D eigenvalue weighted by atomic mass is 35.5. The van der Waals surface area contributed by atoms with Crippen molar-refractivity contribution in [3.63, 3.8) is 0 Å². The first-order valence-electron chi connectivity index (χ1n) is 6.22. The van der Waals surface area contributed by atoms with Crippen LogP contribution < -0.4 is 11.1 Å². The second-order valence-corrected chi connectivity index (χ2v) is 4.79. The van der Waals surface area contributed by atoms with Crippen LogP contribution >= 0.6 is 11.6 Å². The van der Waals surface area contributed by atoms with Crippen molar-refractivity contribution in [3.8, 4) is 0 Å². The van der Waals surface area contributed by atoms with Crippen LogP contribution in [0.15, 0.2) is 48.5 Å². The Bertz CT molecular complexity index is 818. The number of para-hydroxylation sites is 2. The molecule has 0 radical (unpaired) electrons. The molecule has 104 valence electrons. The number of aromatic nitrogens is 2. The maximum atomic E-state index is 12.1. The lowest BCUT2D eigenvalue weighted by atomic mass is 10.2. The lowest BCUT2D eigenvalue weighted by molar-refractivity contribution is 0.102. The zero-order chi connectivity index (χ0) is 14.8. The summed E-state index contributed by atoms with van der Waals surface area (Å²) in [7, 11) is 0. The number of rotatable bonds is 2. The summed E-state index contributed by atoms with van der Waals surface area (Å²) in [6.07, 6.45) is 0. The second kappa shape index (κ2) is 5.38. The minimum absolute atomic E-state index is 0.150. The third-order valence-corrected chi connectivity index (χ3v) is 3.20. The van der Waals surface area contributed by atoms with E-state index < -0.39 is 0 Å². The van der Waals surface area contributed by atoms with Gasteiger partial charge in [-0.1, -0.05) is 23.7 Å². The largest absolute Gasteiger partial charge is 0.399 e. The first-order chi connectivity index (χ1) is 10.1. The van der Waals surface area contributed by atoms with Gasteiger partial charge in [0, 0.05) is 11.3 Å². The molecule has 3 rings (SSSR count). The molecule has 0 saturated carbocycles. The molecule has 1 heterocycles. The number of nitrogens with two attached hydrogens (primary N) is 1. The Morgan fingerprint density at radius 2 is 1.62 bits per heavy atom. The van der Waals surface area contributed by atoms with Crippen molar-refractivity contribution in [1.29, 1.82) is 0 Å². The van der Waals surface area contributed by atoms with E-state index in [1.807, 2.05) is 12.1 Å².